The van der Waals surface area contributed by atoms with Crippen LogP contribution in [0.2, 0.25) is 0 Å². The first-order chi connectivity index (χ1) is 9.19. The summed E-state index contributed by atoms with van der Waals surface area (Å²) < 4.78 is 0. The molecule has 0 saturated carbocycles. The van der Waals surface area contributed by atoms with Gasteiger partial charge >= 0.3 is 0 Å². The maximum absolute atomic E-state index is 4.42. The number of pyridine rings is 1. The van der Waals surface area contributed by atoms with Gasteiger partial charge in [0.05, 0.1) is 5.69 Å². The fourth-order valence-electron chi connectivity index (χ4n) is 1.91. The zero-order valence-corrected chi connectivity index (χ0v) is 13.5. The minimum Gasteiger partial charge on any atom is -0.372 e. The van der Waals surface area contributed by atoms with E-state index >= 15 is 0 Å². The van der Waals surface area contributed by atoms with Crippen LogP contribution in [-0.2, 0) is 6.54 Å². The molecule has 0 saturated heterocycles. The average Bonchev–Trinajstić information content (AvgIpc) is 2.44. The van der Waals surface area contributed by atoms with Crippen molar-refractivity contribution in [2.24, 2.45) is 0 Å². The highest BCUT2D eigenvalue weighted by Gasteiger charge is 2.10. The van der Waals surface area contributed by atoms with Gasteiger partial charge in [-0.05, 0) is 50.5 Å². The van der Waals surface area contributed by atoms with Crippen molar-refractivity contribution in [1.29, 1.82) is 0 Å². The van der Waals surface area contributed by atoms with Crippen LogP contribution in [0.4, 0.5) is 5.69 Å². The Labute approximate surface area is 122 Å². The molecule has 1 atom stereocenters. The summed E-state index contributed by atoms with van der Waals surface area (Å²) in [6, 6.07) is 4.85. The largest absolute Gasteiger partial charge is 0.372 e. The van der Waals surface area contributed by atoms with Crippen molar-refractivity contribution < 1.29 is 0 Å². The predicted octanol–water partition coefficient (Wildman–Crippen LogP) is 3.16. The molecule has 0 radical (unpaired) electrons. The first-order valence-corrected chi connectivity index (χ1v) is 8.45. The van der Waals surface area contributed by atoms with Crippen molar-refractivity contribution in [3.05, 3.63) is 24.0 Å². The normalized spacial score (nSPS) is 12.4. The summed E-state index contributed by atoms with van der Waals surface area (Å²) in [7, 11) is 2.17. The lowest BCUT2D eigenvalue weighted by atomic mass is 10.2. The van der Waals surface area contributed by atoms with E-state index in [1.54, 1.807) is 0 Å². The highest BCUT2D eigenvalue weighted by Crippen LogP contribution is 2.18. The van der Waals surface area contributed by atoms with Crippen molar-refractivity contribution >= 4 is 17.4 Å². The Balaban J connectivity index is 2.58. The zero-order chi connectivity index (χ0) is 14.1. The Kier molecular flexibility index (Phi) is 7.91. The van der Waals surface area contributed by atoms with Crippen LogP contribution in [0.1, 0.15) is 32.4 Å². The van der Waals surface area contributed by atoms with E-state index < -0.39 is 0 Å². The molecule has 19 heavy (non-hydrogen) atoms. The van der Waals surface area contributed by atoms with Crippen LogP contribution < -0.4 is 10.2 Å². The molecule has 1 unspecified atom stereocenters. The summed E-state index contributed by atoms with van der Waals surface area (Å²) in [6.07, 6.45) is 6.45. The van der Waals surface area contributed by atoms with E-state index in [0.29, 0.717) is 6.04 Å². The van der Waals surface area contributed by atoms with Crippen molar-refractivity contribution in [1.82, 2.24) is 10.3 Å². The number of nitrogens with one attached hydrogen (secondary N) is 1. The molecule has 4 heteroatoms. The van der Waals surface area contributed by atoms with Gasteiger partial charge in [0.15, 0.2) is 0 Å². The van der Waals surface area contributed by atoms with Crippen molar-refractivity contribution in [3.8, 4) is 0 Å². The third-order valence-electron chi connectivity index (χ3n) is 3.34. The van der Waals surface area contributed by atoms with E-state index in [1.165, 1.54) is 17.9 Å². The highest BCUT2D eigenvalue weighted by molar-refractivity contribution is 7.98. The van der Waals surface area contributed by atoms with Gasteiger partial charge in [-0.3, -0.25) is 4.98 Å². The molecule has 0 aromatic carbocycles. The minimum atomic E-state index is 0.561. The van der Waals surface area contributed by atoms with Gasteiger partial charge in [-0.15, -0.1) is 0 Å². The van der Waals surface area contributed by atoms with Gasteiger partial charge in [-0.25, -0.2) is 0 Å². The Hall–Kier alpha value is -0.740. The third kappa shape index (κ3) is 5.83. The van der Waals surface area contributed by atoms with E-state index in [9.17, 15) is 0 Å². The number of anilines is 1. The van der Waals surface area contributed by atoms with Gasteiger partial charge in [0.25, 0.3) is 0 Å². The van der Waals surface area contributed by atoms with Crippen molar-refractivity contribution in [2.45, 2.75) is 39.3 Å². The molecule has 3 nitrogen and oxygen atoms in total. The summed E-state index contributed by atoms with van der Waals surface area (Å²) in [5.74, 6) is 1.21. The van der Waals surface area contributed by atoms with Gasteiger partial charge in [0.2, 0.25) is 0 Å². The summed E-state index contributed by atoms with van der Waals surface area (Å²) in [6.45, 7) is 6.37. The quantitative estimate of drug-likeness (QED) is 0.704. The van der Waals surface area contributed by atoms with E-state index in [4.69, 9.17) is 0 Å². The van der Waals surface area contributed by atoms with Gasteiger partial charge in [-0.1, -0.05) is 6.92 Å². The van der Waals surface area contributed by atoms with Crippen molar-refractivity contribution in [3.63, 3.8) is 0 Å². The molecule has 1 heterocycles. The molecule has 108 valence electrons. The van der Waals surface area contributed by atoms with Crippen LogP contribution in [0, 0.1) is 0 Å². The Morgan fingerprint density at radius 2 is 2.26 bits per heavy atom. The van der Waals surface area contributed by atoms with E-state index in [-0.39, 0.29) is 0 Å². The molecule has 1 aromatic rings. The minimum absolute atomic E-state index is 0.561. The second-order valence-corrected chi connectivity index (χ2v) is 5.91. The van der Waals surface area contributed by atoms with E-state index in [0.717, 1.165) is 25.2 Å². The Morgan fingerprint density at radius 1 is 1.47 bits per heavy atom. The highest BCUT2D eigenvalue weighted by atomic mass is 32.2. The second-order valence-electron chi connectivity index (χ2n) is 4.92. The average molecular weight is 281 g/mol. The monoisotopic (exact) mass is 281 g/mol. The van der Waals surface area contributed by atoms with Crippen LogP contribution in [0.25, 0.3) is 0 Å². The lowest BCUT2D eigenvalue weighted by Crippen LogP contribution is -2.29. The number of hydrogen-bond acceptors (Lipinski definition) is 4. The molecule has 1 N–H and O–H groups in total. The lowest BCUT2D eigenvalue weighted by Gasteiger charge is -2.27. The number of rotatable bonds is 9. The van der Waals surface area contributed by atoms with Crippen molar-refractivity contribution in [2.75, 3.05) is 30.5 Å². The van der Waals surface area contributed by atoms with Gasteiger partial charge < -0.3 is 10.2 Å². The predicted molar refractivity (Wildman–Crippen MR) is 87.1 cm³/mol. The van der Waals surface area contributed by atoms with Crippen LogP contribution in [0.5, 0.6) is 0 Å². The molecule has 1 rings (SSSR count). The summed E-state index contributed by atoms with van der Waals surface area (Å²) in [5.41, 5.74) is 2.38. The Bertz CT molecular complexity index is 357. The standard InChI is InChI=1S/C15H27N3S/c1-5-8-16-12-14-11-15(6-9-17-14)18(3)13(2)7-10-19-4/h6,9,11,13,16H,5,7-8,10,12H2,1-4H3. The number of hydrogen-bond donors (Lipinski definition) is 1. The smallest absolute Gasteiger partial charge is 0.0562 e. The van der Waals surface area contributed by atoms with Gasteiger partial charge in [0, 0.05) is 31.5 Å². The first kappa shape index (κ1) is 16.3. The fraction of sp³-hybridized carbons (Fsp3) is 0.667. The maximum Gasteiger partial charge on any atom is 0.0562 e. The molecule has 0 aliphatic rings. The second kappa shape index (κ2) is 9.21. The van der Waals surface area contributed by atoms with Gasteiger partial charge in [-0.2, -0.15) is 11.8 Å². The first-order valence-electron chi connectivity index (χ1n) is 7.06. The lowest BCUT2D eigenvalue weighted by molar-refractivity contribution is 0.656. The maximum atomic E-state index is 4.42. The topological polar surface area (TPSA) is 28.2 Å². The molecule has 1 aromatic heterocycles. The Morgan fingerprint density at radius 3 is 2.95 bits per heavy atom. The fourth-order valence-corrected chi connectivity index (χ4v) is 2.49. The molecular formula is C15H27N3S. The number of aromatic nitrogens is 1. The molecule has 0 amide bonds. The van der Waals surface area contributed by atoms with E-state index in [1.807, 2.05) is 18.0 Å². The number of nitrogens with zero attached hydrogens (tertiary/aromatic N) is 2. The summed E-state index contributed by atoms with van der Waals surface area (Å²) >= 11 is 1.91. The van der Waals surface area contributed by atoms with Gasteiger partial charge in [0.1, 0.15) is 0 Å². The third-order valence-corrected chi connectivity index (χ3v) is 3.99. The van der Waals surface area contributed by atoms with E-state index in [2.05, 4.69) is 54.5 Å². The number of thioether (sulfide) groups is 1. The molecule has 0 aliphatic heterocycles. The van der Waals surface area contributed by atoms with Crippen LogP contribution >= 0.6 is 11.8 Å². The van der Waals surface area contributed by atoms with Crippen LogP contribution in [0.15, 0.2) is 18.3 Å². The van der Waals surface area contributed by atoms with Crippen LogP contribution in [0.3, 0.4) is 0 Å². The summed E-state index contributed by atoms with van der Waals surface area (Å²) in [5, 5.41) is 3.40. The van der Waals surface area contributed by atoms with Crippen LogP contribution in [-0.4, -0.2) is 36.6 Å². The zero-order valence-electron chi connectivity index (χ0n) is 12.6. The molecule has 0 aliphatic carbocycles. The SMILES string of the molecule is CCCNCc1cc(N(C)C(C)CCSC)ccn1. The molecular weight excluding hydrogens is 254 g/mol. The summed E-state index contributed by atoms with van der Waals surface area (Å²) in [4.78, 5) is 6.77. The molecule has 0 fully saturated rings. The molecule has 0 bridgehead atoms. The molecule has 0 spiro atoms.